The summed E-state index contributed by atoms with van der Waals surface area (Å²) < 4.78 is 6.05. The van der Waals surface area contributed by atoms with E-state index < -0.39 is 0 Å². The number of nitrogens with two attached hydrogens (primary N) is 1. The van der Waals surface area contributed by atoms with Crippen LogP contribution in [0, 0.1) is 17.8 Å². The lowest BCUT2D eigenvalue weighted by Gasteiger charge is -2.43. The van der Waals surface area contributed by atoms with Gasteiger partial charge in [-0.15, -0.1) is 0 Å². The lowest BCUT2D eigenvalue weighted by atomic mass is 9.68. The van der Waals surface area contributed by atoms with Crippen LogP contribution in [0.25, 0.3) is 0 Å². The maximum Gasteiger partial charge on any atom is 0.0728 e. The summed E-state index contributed by atoms with van der Waals surface area (Å²) in [7, 11) is 0. The molecule has 14 heavy (non-hydrogen) atoms. The van der Waals surface area contributed by atoms with Crippen molar-refractivity contribution in [2.24, 2.45) is 23.5 Å². The van der Waals surface area contributed by atoms with Gasteiger partial charge in [-0.05, 0) is 44.1 Å². The van der Waals surface area contributed by atoms with Crippen LogP contribution in [-0.4, -0.2) is 18.8 Å². The molecule has 3 unspecified atom stereocenters. The van der Waals surface area contributed by atoms with E-state index in [0.717, 1.165) is 25.0 Å². The average molecular weight is 197 g/mol. The molecule has 1 heterocycles. The molecule has 2 fully saturated rings. The molecule has 0 aromatic heterocycles. The normalized spacial score (nSPS) is 48.6. The number of rotatable bonds is 1. The van der Waals surface area contributed by atoms with Gasteiger partial charge in [0, 0.05) is 12.5 Å². The first-order chi connectivity index (χ1) is 6.66. The molecule has 82 valence electrons. The van der Waals surface area contributed by atoms with E-state index >= 15 is 0 Å². The number of ether oxygens (including phenoxy) is 1. The van der Waals surface area contributed by atoms with E-state index in [1.807, 2.05) is 0 Å². The standard InChI is InChI=1S/C12H23NO/c1-9-5-10(2)7-12(6-9)11(8-13)3-4-14-12/h9-11H,3-8,13H2,1-2H3. The van der Waals surface area contributed by atoms with Crippen molar-refractivity contribution < 1.29 is 4.74 Å². The zero-order valence-corrected chi connectivity index (χ0v) is 9.46. The third-order valence-electron chi connectivity index (χ3n) is 4.08. The van der Waals surface area contributed by atoms with Crippen molar-refractivity contribution in [2.75, 3.05) is 13.2 Å². The van der Waals surface area contributed by atoms with E-state index in [1.54, 1.807) is 0 Å². The maximum atomic E-state index is 6.05. The third-order valence-corrected chi connectivity index (χ3v) is 4.08. The minimum atomic E-state index is 0.159. The van der Waals surface area contributed by atoms with Crippen LogP contribution in [0.4, 0.5) is 0 Å². The van der Waals surface area contributed by atoms with E-state index in [1.165, 1.54) is 25.7 Å². The van der Waals surface area contributed by atoms with Crippen molar-refractivity contribution in [1.82, 2.24) is 0 Å². The van der Waals surface area contributed by atoms with Gasteiger partial charge in [-0.1, -0.05) is 13.8 Å². The molecule has 0 amide bonds. The number of hydrogen-bond acceptors (Lipinski definition) is 2. The SMILES string of the molecule is CC1CC(C)CC2(C1)OCCC2CN. The zero-order chi connectivity index (χ0) is 10.2. The minimum Gasteiger partial charge on any atom is -0.375 e. The second kappa shape index (κ2) is 3.82. The van der Waals surface area contributed by atoms with E-state index in [4.69, 9.17) is 10.5 Å². The molecule has 1 saturated heterocycles. The fourth-order valence-electron chi connectivity index (χ4n) is 3.69. The molecule has 1 aliphatic heterocycles. The Hall–Kier alpha value is -0.0800. The Morgan fingerprint density at radius 2 is 1.93 bits per heavy atom. The van der Waals surface area contributed by atoms with Crippen LogP contribution in [0.15, 0.2) is 0 Å². The summed E-state index contributed by atoms with van der Waals surface area (Å²) >= 11 is 0. The van der Waals surface area contributed by atoms with Gasteiger partial charge in [0.25, 0.3) is 0 Å². The summed E-state index contributed by atoms with van der Waals surface area (Å²) in [5.74, 6) is 2.24. The molecule has 1 saturated carbocycles. The summed E-state index contributed by atoms with van der Waals surface area (Å²) in [6.45, 7) is 6.44. The van der Waals surface area contributed by atoms with Gasteiger partial charge in [-0.2, -0.15) is 0 Å². The lowest BCUT2D eigenvalue weighted by molar-refractivity contribution is -0.0745. The molecule has 2 N–H and O–H groups in total. The Morgan fingerprint density at radius 3 is 2.50 bits per heavy atom. The second-order valence-corrected chi connectivity index (χ2v) is 5.49. The van der Waals surface area contributed by atoms with Crippen molar-refractivity contribution in [2.45, 2.75) is 45.1 Å². The first kappa shape index (κ1) is 10.4. The Labute approximate surface area is 87.2 Å². The van der Waals surface area contributed by atoms with Crippen LogP contribution in [0.2, 0.25) is 0 Å². The minimum absolute atomic E-state index is 0.159. The first-order valence-corrected chi connectivity index (χ1v) is 6.00. The maximum absolute atomic E-state index is 6.05. The fraction of sp³-hybridized carbons (Fsp3) is 1.00. The van der Waals surface area contributed by atoms with Gasteiger partial charge >= 0.3 is 0 Å². The molecule has 2 aliphatic rings. The summed E-state index contributed by atoms with van der Waals surface area (Å²) in [6, 6.07) is 0. The average Bonchev–Trinajstić information content (AvgIpc) is 2.45. The van der Waals surface area contributed by atoms with Gasteiger partial charge in [-0.3, -0.25) is 0 Å². The monoisotopic (exact) mass is 197 g/mol. The van der Waals surface area contributed by atoms with Crippen molar-refractivity contribution in [3.63, 3.8) is 0 Å². The van der Waals surface area contributed by atoms with Gasteiger partial charge in [-0.25, -0.2) is 0 Å². The van der Waals surface area contributed by atoms with Crippen molar-refractivity contribution in [1.29, 1.82) is 0 Å². The Bertz CT molecular complexity index is 194. The van der Waals surface area contributed by atoms with Gasteiger partial charge in [0.15, 0.2) is 0 Å². The highest BCUT2D eigenvalue weighted by atomic mass is 16.5. The van der Waals surface area contributed by atoms with Crippen molar-refractivity contribution >= 4 is 0 Å². The highest BCUT2D eigenvalue weighted by Crippen LogP contribution is 2.46. The Morgan fingerprint density at radius 1 is 1.29 bits per heavy atom. The molecular formula is C12H23NO. The van der Waals surface area contributed by atoms with Crippen LogP contribution in [0.3, 0.4) is 0 Å². The van der Waals surface area contributed by atoms with Gasteiger partial charge in [0.1, 0.15) is 0 Å². The van der Waals surface area contributed by atoms with E-state index in [2.05, 4.69) is 13.8 Å². The summed E-state index contributed by atoms with van der Waals surface area (Å²) in [5.41, 5.74) is 6.01. The van der Waals surface area contributed by atoms with Crippen LogP contribution in [0.1, 0.15) is 39.5 Å². The number of hydrogen-bond donors (Lipinski definition) is 1. The predicted octanol–water partition coefficient (Wildman–Crippen LogP) is 2.18. The van der Waals surface area contributed by atoms with Crippen LogP contribution in [-0.2, 0) is 4.74 Å². The van der Waals surface area contributed by atoms with Crippen LogP contribution >= 0.6 is 0 Å². The highest BCUT2D eigenvalue weighted by molar-refractivity contribution is 4.98. The molecule has 0 aromatic rings. The highest BCUT2D eigenvalue weighted by Gasteiger charge is 2.47. The Balaban J connectivity index is 2.12. The van der Waals surface area contributed by atoms with Crippen molar-refractivity contribution in [3.05, 3.63) is 0 Å². The molecular weight excluding hydrogens is 174 g/mol. The Kier molecular flexibility index (Phi) is 2.85. The molecule has 2 nitrogen and oxygen atoms in total. The fourth-order valence-corrected chi connectivity index (χ4v) is 3.69. The zero-order valence-electron chi connectivity index (χ0n) is 9.46. The van der Waals surface area contributed by atoms with E-state index in [-0.39, 0.29) is 5.60 Å². The molecule has 1 spiro atoms. The molecule has 0 bridgehead atoms. The smallest absolute Gasteiger partial charge is 0.0728 e. The van der Waals surface area contributed by atoms with Crippen LogP contribution in [0.5, 0.6) is 0 Å². The molecule has 0 radical (unpaired) electrons. The second-order valence-electron chi connectivity index (χ2n) is 5.49. The molecule has 0 aromatic carbocycles. The van der Waals surface area contributed by atoms with E-state index in [0.29, 0.717) is 5.92 Å². The summed E-state index contributed by atoms with van der Waals surface area (Å²) in [5, 5.41) is 0. The molecule has 2 rings (SSSR count). The molecule has 2 heteroatoms. The third kappa shape index (κ3) is 1.70. The first-order valence-electron chi connectivity index (χ1n) is 6.00. The topological polar surface area (TPSA) is 35.2 Å². The van der Waals surface area contributed by atoms with Gasteiger partial charge < -0.3 is 10.5 Å². The molecule has 1 aliphatic carbocycles. The molecule has 3 atom stereocenters. The van der Waals surface area contributed by atoms with Gasteiger partial charge in [0.2, 0.25) is 0 Å². The predicted molar refractivity (Wildman–Crippen MR) is 58.0 cm³/mol. The van der Waals surface area contributed by atoms with Gasteiger partial charge in [0.05, 0.1) is 5.60 Å². The summed E-state index contributed by atoms with van der Waals surface area (Å²) in [4.78, 5) is 0. The quantitative estimate of drug-likeness (QED) is 0.699. The lowest BCUT2D eigenvalue weighted by Crippen LogP contribution is -2.45. The van der Waals surface area contributed by atoms with E-state index in [9.17, 15) is 0 Å². The van der Waals surface area contributed by atoms with Crippen LogP contribution < -0.4 is 5.73 Å². The largest absolute Gasteiger partial charge is 0.375 e. The van der Waals surface area contributed by atoms with Crippen molar-refractivity contribution in [3.8, 4) is 0 Å². The summed E-state index contributed by atoms with van der Waals surface area (Å²) in [6.07, 6.45) is 5.01.